The number of pyridine rings is 1. The predicted molar refractivity (Wildman–Crippen MR) is 159 cm³/mol. The normalized spacial score (nSPS) is 20.7. The van der Waals surface area contributed by atoms with E-state index in [1.165, 1.54) is 17.4 Å². The molecule has 2 aromatic carbocycles. The summed E-state index contributed by atoms with van der Waals surface area (Å²) in [5, 5.41) is 2.49. The van der Waals surface area contributed by atoms with E-state index in [0.29, 0.717) is 6.67 Å². The number of amides is 1. The molecule has 5 rings (SSSR count). The summed E-state index contributed by atoms with van der Waals surface area (Å²) in [6, 6.07) is 15.0. The maximum atomic E-state index is 14.3. The van der Waals surface area contributed by atoms with Crippen LogP contribution in [0.25, 0.3) is 10.8 Å². The van der Waals surface area contributed by atoms with Crippen LogP contribution in [0.1, 0.15) is 73.6 Å². The van der Waals surface area contributed by atoms with Crippen molar-refractivity contribution in [3.8, 4) is 0 Å². The number of fused-ring (bicyclic) bond motifs is 3. The Morgan fingerprint density at radius 3 is 2.45 bits per heavy atom. The molecule has 0 radical (unpaired) electrons. The minimum absolute atomic E-state index is 0.0992. The van der Waals surface area contributed by atoms with Gasteiger partial charge in [-0.05, 0) is 73.0 Å². The number of carbonyl (C=O) groups is 1. The Hall–Kier alpha value is -2.70. The maximum absolute atomic E-state index is 14.3. The lowest BCUT2D eigenvalue weighted by molar-refractivity contribution is 0.0218. The molecule has 2 atom stereocenters. The highest BCUT2D eigenvalue weighted by molar-refractivity contribution is 6.74. The highest BCUT2D eigenvalue weighted by atomic mass is 28.4. The second-order valence-electron chi connectivity index (χ2n) is 12.8. The summed E-state index contributed by atoms with van der Waals surface area (Å²) < 4.78 is 6.98. The van der Waals surface area contributed by atoms with Crippen LogP contribution in [-0.4, -0.2) is 50.0 Å². The van der Waals surface area contributed by atoms with Gasteiger partial charge >= 0.3 is 0 Å². The number of carbonyl (C=O) groups excluding carboxylic acids is 1. The molecule has 0 saturated heterocycles. The average Bonchev–Trinajstić information content (AvgIpc) is 2.87. The second kappa shape index (κ2) is 10.1. The third-order valence-electron chi connectivity index (χ3n) is 9.03. The van der Waals surface area contributed by atoms with E-state index in [1.807, 2.05) is 13.1 Å². The minimum Gasteiger partial charge on any atom is -0.412 e. The maximum Gasteiger partial charge on any atom is 0.257 e. The van der Waals surface area contributed by atoms with Gasteiger partial charge in [-0.15, -0.1) is 0 Å². The van der Waals surface area contributed by atoms with Crippen molar-refractivity contribution in [1.82, 2.24) is 9.88 Å². The van der Waals surface area contributed by atoms with Crippen LogP contribution < -0.4 is 4.90 Å². The average molecular weight is 530 g/mol. The molecule has 5 nitrogen and oxygen atoms in total. The Kier molecular flexibility index (Phi) is 7.16. The van der Waals surface area contributed by atoms with Gasteiger partial charge in [0.15, 0.2) is 8.32 Å². The molecule has 6 heteroatoms. The Balaban J connectivity index is 1.53. The fraction of sp³-hybridized carbons (Fsp3) is 0.500. The third-order valence-corrected chi connectivity index (χ3v) is 13.5. The third kappa shape index (κ3) is 5.01. The van der Waals surface area contributed by atoms with Crippen LogP contribution in [0.15, 0.2) is 48.7 Å². The zero-order valence-electron chi connectivity index (χ0n) is 24.2. The summed E-state index contributed by atoms with van der Waals surface area (Å²) >= 11 is 0. The largest absolute Gasteiger partial charge is 0.412 e. The second-order valence-corrected chi connectivity index (χ2v) is 17.6. The molecule has 1 amide bonds. The number of aryl methyl sites for hydroxylation is 1. The molecule has 0 spiro atoms. The number of hydrogen-bond acceptors (Lipinski definition) is 4. The summed E-state index contributed by atoms with van der Waals surface area (Å²) in [6.45, 7) is 14.1. The lowest BCUT2D eigenvalue weighted by Gasteiger charge is -2.48. The van der Waals surface area contributed by atoms with Gasteiger partial charge in [-0.2, -0.15) is 0 Å². The van der Waals surface area contributed by atoms with Gasteiger partial charge in [-0.3, -0.25) is 9.78 Å². The molecule has 0 bridgehead atoms. The van der Waals surface area contributed by atoms with Crippen LogP contribution >= 0.6 is 0 Å². The molecule has 3 aromatic rings. The highest BCUT2D eigenvalue weighted by Gasteiger charge is 2.44. The molecule has 1 fully saturated rings. The molecule has 0 unspecified atom stereocenters. The molecule has 0 N–H and O–H groups in total. The fourth-order valence-corrected chi connectivity index (χ4v) is 7.26. The molecule has 1 saturated carbocycles. The lowest BCUT2D eigenvalue weighted by atomic mass is 9.89. The van der Waals surface area contributed by atoms with Gasteiger partial charge in [0.25, 0.3) is 5.91 Å². The first-order chi connectivity index (χ1) is 18.0. The summed E-state index contributed by atoms with van der Waals surface area (Å²) in [5.41, 5.74) is 5.20. The number of hydrogen-bond donors (Lipinski definition) is 0. The van der Waals surface area contributed by atoms with E-state index >= 15 is 0 Å². The molecule has 2 heterocycles. The molecule has 2 aliphatic rings. The van der Waals surface area contributed by atoms with Crippen molar-refractivity contribution in [3.63, 3.8) is 0 Å². The number of anilines is 1. The highest BCUT2D eigenvalue weighted by Crippen LogP contribution is 2.42. The van der Waals surface area contributed by atoms with Gasteiger partial charge in [-0.25, -0.2) is 0 Å². The van der Waals surface area contributed by atoms with E-state index in [4.69, 9.17) is 4.43 Å². The van der Waals surface area contributed by atoms with Crippen LogP contribution in [0.2, 0.25) is 18.1 Å². The molecule has 1 aromatic heterocycles. The van der Waals surface area contributed by atoms with Crippen molar-refractivity contribution in [2.75, 3.05) is 18.6 Å². The van der Waals surface area contributed by atoms with E-state index < -0.39 is 8.32 Å². The van der Waals surface area contributed by atoms with Crippen molar-refractivity contribution in [2.45, 2.75) is 90.1 Å². The van der Waals surface area contributed by atoms with Crippen molar-refractivity contribution in [3.05, 3.63) is 71.0 Å². The van der Waals surface area contributed by atoms with E-state index in [2.05, 4.69) is 98.2 Å². The Morgan fingerprint density at radius 1 is 1.05 bits per heavy atom. The van der Waals surface area contributed by atoms with Crippen molar-refractivity contribution >= 4 is 30.7 Å². The number of aromatic nitrogens is 1. The quantitative estimate of drug-likeness (QED) is 0.325. The summed E-state index contributed by atoms with van der Waals surface area (Å²) in [4.78, 5) is 23.2. The lowest BCUT2D eigenvalue weighted by Crippen LogP contribution is -2.58. The van der Waals surface area contributed by atoms with Gasteiger partial charge in [0.05, 0.1) is 30.1 Å². The standard InChI is InChI=1S/C32H43N3O2Si/c1-22-16-17-23(20-33-22)18-24-19-27-30(26-13-9-8-12-25(24)26)34(5)21-35(31(27)36)28-14-10-11-15-29(28)37-38(6,7)32(2,3)4/h8-9,12-13,16-17,19-20,28-29H,10-11,14-15,18,21H2,1-7H3/t28-,29-/m0/s1. The first-order valence-corrected chi connectivity index (χ1v) is 17.0. The molecule has 202 valence electrons. The van der Waals surface area contributed by atoms with Gasteiger partial charge in [-0.1, -0.05) is 63.9 Å². The minimum atomic E-state index is -1.96. The summed E-state index contributed by atoms with van der Waals surface area (Å²) in [7, 11) is 0.167. The van der Waals surface area contributed by atoms with Crippen molar-refractivity contribution in [2.24, 2.45) is 0 Å². The molecule has 38 heavy (non-hydrogen) atoms. The van der Waals surface area contributed by atoms with Crippen LogP contribution in [0.5, 0.6) is 0 Å². The Morgan fingerprint density at radius 2 is 1.76 bits per heavy atom. The molecular formula is C32H43N3O2Si. The van der Waals surface area contributed by atoms with Crippen molar-refractivity contribution in [1.29, 1.82) is 0 Å². The SMILES string of the molecule is Cc1ccc(Cc2cc3c(c4ccccc24)N(C)CN([C@H]2CCCC[C@@H]2O[Si](C)(C)C(C)(C)C)C3=O)cn1. The Labute approximate surface area is 229 Å². The van der Waals surface area contributed by atoms with Crippen LogP contribution in [-0.2, 0) is 10.8 Å². The Bertz CT molecular complexity index is 1330. The van der Waals surface area contributed by atoms with Crippen LogP contribution in [0, 0.1) is 6.92 Å². The van der Waals surface area contributed by atoms with E-state index in [0.717, 1.165) is 53.6 Å². The smallest absolute Gasteiger partial charge is 0.257 e. The first kappa shape index (κ1) is 26.9. The number of rotatable bonds is 5. The monoisotopic (exact) mass is 529 g/mol. The molecular weight excluding hydrogens is 486 g/mol. The van der Waals surface area contributed by atoms with Gasteiger partial charge < -0.3 is 14.2 Å². The topological polar surface area (TPSA) is 45.7 Å². The predicted octanol–water partition coefficient (Wildman–Crippen LogP) is 7.32. The van der Waals surface area contributed by atoms with Crippen molar-refractivity contribution < 1.29 is 9.22 Å². The molecule has 1 aliphatic heterocycles. The van der Waals surface area contributed by atoms with Gasteiger partial charge in [0.2, 0.25) is 0 Å². The number of nitrogens with zero attached hydrogens (tertiary/aromatic N) is 3. The van der Waals surface area contributed by atoms with E-state index in [9.17, 15) is 4.79 Å². The van der Waals surface area contributed by atoms with Gasteiger partial charge in [0, 0.05) is 24.3 Å². The zero-order valence-corrected chi connectivity index (χ0v) is 25.2. The zero-order chi connectivity index (χ0) is 27.2. The summed E-state index contributed by atoms with van der Waals surface area (Å²) in [6.07, 6.45) is 7.15. The molecule has 1 aliphatic carbocycles. The van der Waals surface area contributed by atoms with Crippen LogP contribution in [0.4, 0.5) is 5.69 Å². The van der Waals surface area contributed by atoms with E-state index in [-0.39, 0.29) is 23.1 Å². The number of benzene rings is 2. The summed E-state index contributed by atoms with van der Waals surface area (Å²) in [5.74, 6) is 0.142. The van der Waals surface area contributed by atoms with E-state index in [1.54, 1.807) is 0 Å². The fourth-order valence-electron chi connectivity index (χ4n) is 5.88. The van der Waals surface area contributed by atoms with Gasteiger partial charge in [0.1, 0.15) is 0 Å². The first-order valence-electron chi connectivity index (χ1n) is 14.1. The van der Waals surface area contributed by atoms with Crippen LogP contribution in [0.3, 0.4) is 0 Å².